The van der Waals surface area contributed by atoms with E-state index < -0.39 is 0 Å². The highest BCUT2D eigenvalue weighted by Gasteiger charge is 2.61. The number of aliphatic hydroxyl groups is 1. The van der Waals surface area contributed by atoms with E-state index in [1.165, 1.54) is 24.5 Å². The van der Waals surface area contributed by atoms with Gasteiger partial charge in [-0.1, -0.05) is 39.0 Å². The number of fused-ring (bicyclic) bond motifs is 2. The smallest absolute Gasteiger partial charge is 0.131 e. The number of hydrogen-bond donors (Lipinski definition) is 1. The largest absolute Gasteiger partial charge is 0.497 e. The van der Waals surface area contributed by atoms with Crippen LogP contribution >= 0.6 is 0 Å². The Morgan fingerprint density at radius 2 is 1.89 bits per heavy atom. The van der Waals surface area contributed by atoms with Crippen LogP contribution in [0.5, 0.6) is 5.75 Å². The Labute approximate surface area is 161 Å². The summed E-state index contributed by atoms with van der Waals surface area (Å²) in [6.07, 6.45) is 3.62. The van der Waals surface area contributed by atoms with E-state index in [-0.39, 0.29) is 23.3 Å². The van der Waals surface area contributed by atoms with Gasteiger partial charge in [-0.05, 0) is 76.8 Å². The molecule has 2 bridgehead atoms. The highest BCUT2D eigenvalue weighted by molar-refractivity contribution is 5.71. The predicted octanol–water partition coefficient (Wildman–Crippen LogP) is 5.92. The highest BCUT2D eigenvalue weighted by atomic mass is 19.1. The Balaban J connectivity index is 1.89. The maximum atomic E-state index is 14.8. The van der Waals surface area contributed by atoms with Crippen molar-refractivity contribution in [2.45, 2.75) is 52.6 Å². The van der Waals surface area contributed by atoms with Gasteiger partial charge in [0.2, 0.25) is 0 Å². The van der Waals surface area contributed by atoms with Gasteiger partial charge in [-0.25, -0.2) is 4.39 Å². The van der Waals surface area contributed by atoms with E-state index in [4.69, 9.17) is 4.74 Å². The monoisotopic (exact) mass is 368 g/mol. The molecule has 3 atom stereocenters. The fraction of sp³-hybridized carbons (Fsp3) is 0.500. The van der Waals surface area contributed by atoms with Crippen molar-refractivity contribution in [2.75, 3.05) is 7.11 Å². The standard InChI is InChI=1S/C24H29FO2/c1-23(2)16-9-10-24(23,3)21(12-16)19-11-15(14-26)5-7-18(19)20-13-17(27-4)6-8-22(20)25/h5-8,11,13,16,21,26H,9-10,12,14H2,1-4H3/t16-,21?,24+/m1/s1. The Morgan fingerprint density at radius 3 is 2.48 bits per heavy atom. The Bertz CT molecular complexity index is 873. The molecule has 1 unspecified atom stereocenters. The minimum atomic E-state index is -0.235. The van der Waals surface area contributed by atoms with Gasteiger partial charge in [0.15, 0.2) is 0 Å². The second kappa shape index (κ2) is 6.34. The second-order valence-corrected chi connectivity index (χ2v) is 9.09. The number of ether oxygens (including phenoxy) is 1. The third-order valence-corrected chi connectivity index (χ3v) is 7.93. The van der Waals surface area contributed by atoms with Crippen LogP contribution < -0.4 is 4.74 Å². The van der Waals surface area contributed by atoms with E-state index in [2.05, 4.69) is 26.8 Å². The van der Waals surface area contributed by atoms with Gasteiger partial charge in [0.1, 0.15) is 11.6 Å². The minimum absolute atomic E-state index is 0.00410. The molecule has 0 spiro atoms. The molecule has 2 fully saturated rings. The van der Waals surface area contributed by atoms with Crippen molar-refractivity contribution in [2.24, 2.45) is 16.7 Å². The topological polar surface area (TPSA) is 29.5 Å². The fourth-order valence-electron chi connectivity index (χ4n) is 5.76. The van der Waals surface area contributed by atoms with Gasteiger partial charge in [0.05, 0.1) is 13.7 Å². The number of halogens is 1. The van der Waals surface area contributed by atoms with Crippen molar-refractivity contribution in [3.8, 4) is 16.9 Å². The highest BCUT2D eigenvalue weighted by Crippen LogP contribution is 2.71. The predicted molar refractivity (Wildman–Crippen MR) is 106 cm³/mol. The summed E-state index contributed by atoms with van der Waals surface area (Å²) in [4.78, 5) is 0. The number of rotatable bonds is 4. The molecule has 2 aromatic carbocycles. The van der Waals surface area contributed by atoms with Crippen molar-refractivity contribution in [3.63, 3.8) is 0 Å². The van der Waals surface area contributed by atoms with E-state index in [0.29, 0.717) is 23.1 Å². The van der Waals surface area contributed by atoms with Crippen LogP contribution in [0.2, 0.25) is 0 Å². The lowest BCUT2D eigenvalue weighted by atomic mass is 9.64. The van der Waals surface area contributed by atoms with Crippen LogP contribution in [-0.4, -0.2) is 12.2 Å². The van der Waals surface area contributed by atoms with Gasteiger partial charge in [0.25, 0.3) is 0 Å². The van der Waals surface area contributed by atoms with Crippen molar-refractivity contribution >= 4 is 0 Å². The van der Waals surface area contributed by atoms with Gasteiger partial charge in [0, 0.05) is 5.56 Å². The van der Waals surface area contributed by atoms with Crippen LogP contribution in [0.1, 0.15) is 57.1 Å². The van der Waals surface area contributed by atoms with Crippen LogP contribution in [0.15, 0.2) is 36.4 Å². The van der Waals surface area contributed by atoms with Crippen LogP contribution in [0.4, 0.5) is 4.39 Å². The number of benzene rings is 2. The van der Waals surface area contributed by atoms with Gasteiger partial charge < -0.3 is 9.84 Å². The van der Waals surface area contributed by atoms with Gasteiger partial charge in [-0.15, -0.1) is 0 Å². The molecule has 1 N–H and O–H groups in total. The summed E-state index contributed by atoms with van der Waals surface area (Å²) < 4.78 is 20.1. The van der Waals surface area contributed by atoms with Crippen LogP contribution in [0.25, 0.3) is 11.1 Å². The first-order valence-corrected chi connectivity index (χ1v) is 9.89. The normalized spacial score (nSPS) is 28.5. The van der Waals surface area contributed by atoms with E-state index >= 15 is 0 Å². The quantitative estimate of drug-likeness (QED) is 0.725. The Morgan fingerprint density at radius 1 is 1.11 bits per heavy atom. The lowest BCUT2D eigenvalue weighted by molar-refractivity contribution is 0.135. The fourth-order valence-corrected chi connectivity index (χ4v) is 5.76. The van der Waals surface area contributed by atoms with Crippen molar-refractivity contribution in [1.29, 1.82) is 0 Å². The molecule has 4 rings (SSSR count). The number of aliphatic hydroxyl groups excluding tert-OH is 1. The first-order valence-electron chi connectivity index (χ1n) is 9.89. The molecule has 0 saturated heterocycles. The molecular formula is C24H29FO2. The molecular weight excluding hydrogens is 339 g/mol. The first kappa shape index (κ1) is 18.5. The average Bonchev–Trinajstić information content (AvgIpc) is 3.01. The molecule has 3 heteroatoms. The van der Waals surface area contributed by atoms with E-state index in [1.54, 1.807) is 19.2 Å². The maximum Gasteiger partial charge on any atom is 0.131 e. The van der Waals surface area contributed by atoms with E-state index in [0.717, 1.165) is 17.5 Å². The van der Waals surface area contributed by atoms with Crippen LogP contribution in [0.3, 0.4) is 0 Å². The molecule has 0 radical (unpaired) electrons. The second-order valence-electron chi connectivity index (χ2n) is 9.09. The third kappa shape index (κ3) is 2.62. The third-order valence-electron chi connectivity index (χ3n) is 7.93. The van der Waals surface area contributed by atoms with Crippen molar-refractivity contribution in [3.05, 3.63) is 53.3 Å². The zero-order valence-electron chi connectivity index (χ0n) is 16.7. The summed E-state index contributed by atoms with van der Waals surface area (Å²) in [5, 5.41) is 9.71. The van der Waals surface area contributed by atoms with Crippen molar-refractivity contribution in [1.82, 2.24) is 0 Å². The molecule has 2 saturated carbocycles. The molecule has 2 aromatic rings. The van der Waals surface area contributed by atoms with Gasteiger partial charge in [-0.2, -0.15) is 0 Å². The molecule has 2 aliphatic rings. The molecule has 0 aromatic heterocycles. The van der Waals surface area contributed by atoms with Crippen molar-refractivity contribution < 1.29 is 14.2 Å². The maximum absolute atomic E-state index is 14.8. The minimum Gasteiger partial charge on any atom is -0.497 e. The molecule has 0 aliphatic heterocycles. The average molecular weight is 368 g/mol. The summed E-state index contributed by atoms with van der Waals surface area (Å²) in [5.41, 5.74) is 4.04. The lowest BCUT2D eigenvalue weighted by Crippen LogP contribution is -2.31. The number of hydrogen-bond acceptors (Lipinski definition) is 2. The summed E-state index contributed by atoms with van der Waals surface area (Å²) >= 11 is 0. The lowest BCUT2D eigenvalue weighted by Gasteiger charge is -2.40. The summed E-state index contributed by atoms with van der Waals surface area (Å²) in [6, 6.07) is 10.9. The van der Waals surface area contributed by atoms with Gasteiger partial charge in [-0.3, -0.25) is 0 Å². The zero-order valence-corrected chi connectivity index (χ0v) is 16.7. The van der Waals surface area contributed by atoms with Crippen LogP contribution in [0, 0.1) is 22.6 Å². The number of methoxy groups -OCH3 is 1. The van der Waals surface area contributed by atoms with Crippen LogP contribution in [-0.2, 0) is 6.61 Å². The summed E-state index contributed by atoms with van der Waals surface area (Å²) in [7, 11) is 1.60. The Hall–Kier alpha value is -1.87. The SMILES string of the molecule is COc1ccc(F)c(-c2ccc(CO)cc2C2C[C@H]3CC[C@]2(C)C3(C)C)c1. The first-order chi connectivity index (χ1) is 12.8. The molecule has 2 aliphatic carbocycles. The van der Waals surface area contributed by atoms with E-state index in [9.17, 15) is 9.50 Å². The Kier molecular flexibility index (Phi) is 4.34. The van der Waals surface area contributed by atoms with E-state index in [1.807, 2.05) is 12.1 Å². The molecule has 144 valence electrons. The molecule has 2 nitrogen and oxygen atoms in total. The summed E-state index contributed by atoms with van der Waals surface area (Å²) in [5.74, 6) is 1.50. The molecule has 0 heterocycles. The molecule has 0 amide bonds. The zero-order chi connectivity index (χ0) is 19.4. The molecule has 27 heavy (non-hydrogen) atoms. The summed E-state index contributed by atoms with van der Waals surface area (Å²) in [6.45, 7) is 7.20. The van der Waals surface area contributed by atoms with Gasteiger partial charge >= 0.3 is 0 Å².